The standard InChI is InChI=1S/C34H30N4.C24H24N4.C18H24N4/c1-4-13-26-24(11-1)22-25-12-2-5-14-27(25)34(26)31-18-9-19-32(38-31)36-29-16-7-8-17-30(29)37-33-21-20-23-10-3-6-15-28(23)35-33;1-3-9-19-17(7-1)13-15-23(25-19)27-21-11-5-6-12-22(21)28-24-16-14-18-8-2-4-10-20(18)26-24;1-13-7-5-11-17(19-13)21-15-9-3-4-10-16(15)22-18-12-6-8-14(2)20-18/h1-6,9-15,18-22,29-30H,7-8,16-17H2,(H,35,37)(H,36,38);1-4,7-10,13-16,21-22H,5-6,11-12H2,(H,25,27)(H,26,28);5-8,11-12,15-16H,3-4,9-10H2,1-2H3,(H,19,21)(H,20,22)/t29-,30-;21-,22-;15-,16-/m111/s1. The molecule has 0 bridgehead atoms. The van der Waals surface area contributed by atoms with Gasteiger partial charge < -0.3 is 31.9 Å². The molecule has 3 aliphatic carbocycles. The Morgan fingerprint density at radius 2 is 0.557 bits per heavy atom. The van der Waals surface area contributed by atoms with Crippen molar-refractivity contribution in [2.24, 2.45) is 0 Å². The summed E-state index contributed by atoms with van der Waals surface area (Å²) < 4.78 is 0. The highest BCUT2D eigenvalue weighted by Gasteiger charge is 2.29. The molecule has 0 radical (unpaired) electrons. The average Bonchev–Trinajstić information content (AvgIpc) is 1.19. The molecule has 88 heavy (non-hydrogen) atoms. The summed E-state index contributed by atoms with van der Waals surface area (Å²) in [5.41, 5.74) is 7.37. The fourth-order valence-corrected chi connectivity index (χ4v) is 13.2. The number of nitrogens with zero attached hydrogens (tertiary/aromatic N) is 6. The Morgan fingerprint density at radius 3 is 0.909 bits per heavy atom. The van der Waals surface area contributed by atoms with Crippen LogP contribution in [0.1, 0.15) is 88.4 Å². The quantitative estimate of drug-likeness (QED) is 0.0610. The second-order valence-electron chi connectivity index (χ2n) is 24.0. The monoisotopic (exact) mass is 1160 g/mol. The predicted octanol–water partition coefficient (Wildman–Crippen LogP) is 18.0. The molecule has 0 saturated heterocycles. The first-order valence-electron chi connectivity index (χ1n) is 31.8. The minimum absolute atomic E-state index is 0.282. The molecule has 3 fully saturated rings. The third kappa shape index (κ3) is 14.1. The molecule has 12 nitrogen and oxygen atoms in total. The highest BCUT2D eigenvalue weighted by atomic mass is 15.1. The van der Waals surface area contributed by atoms with Crippen molar-refractivity contribution in [3.05, 3.63) is 230 Å². The number of pyridine rings is 6. The minimum atomic E-state index is 0.282. The fraction of sp³-hybridized carbons (Fsp3) is 0.263. The molecule has 15 rings (SSSR count). The molecule has 0 aliphatic heterocycles. The minimum Gasteiger partial charge on any atom is -0.365 e. The van der Waals surface area contributed by atoms with Crippen LogP contribution in [0.5, 0.6) is 0 Å². The zero-order valence-corrected chi connectivity index (χ0v) is 50.4. The first-order valence-corrected chi connectivity index (χ1v) is 31.8. The van der Waals surface area contributed by atoms with Gasteiger partial charge in [0.1, 0.15) is 34.9 Å². The van der Waals surface area contributed by atoms with Crippen molar-refractivity contribution < 1.29 is 0 Å². The summed E-state index contributed by atoms with van der Waals surface area (Å²) in [5.74, 6) is 5.69. The second-order valence-corrected chi connectivity index (χ2v) is 24.0. The number of para-hydroxylation sites is 3. The first kappa shape index (κ1) is 57.4. The van der Waals surface area contributed by atoms with Crippen molar-refractivity contribution in [1.82, 2.24) is 29.9 Å². The van der Waals surface area contributed by atoms with Gasteiger partial charge in [0.25, 0.3) is 0 Å². The van der Waals surface area contributed by atoms with E-state index in [0.29, 0.717) is 30.2 Å². The molecule has 6 heterocycles. The van der Waals surface area contributed by atoms with Gasteiger partial charge in [-0.2, -0.15) is 0 Å². The third-order valence-electron chi connectivity index (χ3n) is 17.6. The van der Waals surface area contributed by atoms with Crippen LogP contribution < -0.4 is 31.9 Å². The van der Waals surface area contributed by atoms with Crippen molar-refractivity contribution in [2.45, 2.75) is 127 Å². The Labute approximate surface area is 516 Å². The Morgan fingerprint density at radius 1 is 0.261 bits per heavy atom. The van der Waals surface area contributed by atoms with E-state index in [1.54, 1.807) is 0 Å². The number of fused-ring (bicyclic) bond motifs is 5. The maximum atomic E-state index is 5.17. The molecule has 6 N–H and O–H groups in total. The molecule has 0 unspecified atom stereocenters. The van der Waals surface area contributed by atoms with Crippen LogP contribution in [-0.2, 0) is 0 Å². The summed E-state index contributed by atoms with van der Waals surface area (Å²) in [4.78, 5) is 28.8. The average molecular weight is 1160 g/mol. The van der Waals surface area contributed by atoms with Crippen LogP contribution in [0, 0.1) is 13.8 Å². The van der Waals surface area contributed by atoms with E-state index in [4.69, 9.17) is 19.9 Å². The molecular formula is C76H78N12. The Kier molecular flexibility index (Phi) is 17.8. The van der Waals surface area contributed by atoms with Gasteiger partial charge in [-0.3, -0.25) is 0 Å². The number of benzene rings is 6. The Bertz CT molecular complexity index is 4120. The molecule has 0 amide bonds. The zero-order valence-electron chi connectivity index (χ0n) is 50.4. The van der Waals surface area contributed by atoms with E-state index in [1.807, 2.05) is 56.3 Å². The van der Waals surface area contributed by atoms with Crippen molar-refractivity contribution in [3.63, 3.8) is 0 Å². The number of nitrogens with one attached hydrogen (secondary N) is 6. The van der Waals surface area contributed by atoms with Gasteiger partial charge in [0.2, 0.25) is 0 Å². The number of hydrogen-bond donors (Lipinski definition) is 6. The van der Waals surface area contributed by atoms with Crippen molar-refractivity contribution in [3.8, 4) is 11.3 Å². The van der Waals surface area contributed by atoms with Crippen LogP contribution in [0.3, 0.4) is 0 Å². The van der Waals surface area contributed by atoms with Gasteiger partial charge >= 0.3 is 0 Å². The van der Waals surface area contributed by atoms with Gasteiger partial charge in [0.05, 0.1) is 22.2 Å². The topological polar surface area (TPSA) is 150 Å². The number of hydrogen-bond acceptors (Lipinski definition) is 12. The van der Waals surface area contributed by atoms with Gasteiger partial charge in [0, 0.05) is 69.4 Å². The van der Waals surface area contributed by atoms with Crippen molar-refractivity contribution in [1.29, 1.82) is 0 Å². The molecule has 442 valence electrons. The molecule has 3 aliphatic rings. The van der Waals surface area contributed by atoms with E-state index < -0.39 is 0 Å². The summed E-state index contributed by atoms with van der Waals surface area (Å²) in [6, 6.07) is 77.6. The van der Waals surface area contributed by atoms with Gasteiger partial charge in [-0.1, -0.05) is 160 Å². The van der Waals surface area contributed by atoms with Gasteiger partial charge in [-0.15, -0.1) is 0 Å². The zero-order chi connectivity index (χ0) is 59.4. The van der Waals surface area contributed by atoms with Crippen LogP contribution in [0.2, 0.25) is 0 Å². The van der Waals surface area contributed by atoms with E-state index >= 15 is 0 Å². The van der Waals surface area contributed by atoms with Crippen LogP contribution >= 0.6 is 0 Å². The summed E-state index contributed by atoms with van der Waals surface area (Å²) in [5, 5.41) is 30.5. The van der Waals surface area contributed by atoms with Gasteiger partial charge in [-0.05, 0) is 171 Å². The molecule has 3 saturated carbocycles. The molecule has 12 aromatic rings. The van der Waals surface area contributed by atoms with Crippen LogP contribution in [0.15, 0.2) is 218 Å². The number of rotatable bonds is 13. The largest absolute Gasteiger partial charge is 0.365 e. The van der Waals surface area contributed by atoms with Gasteiger partial charge in [-0.25, -0.2) is 29.9 Å². The predicted molar refractivity (Wildman–Crippen MR) is 368 cm³/mol. The Balaban J connectivity index is 0.000000127. The van der Waals surface area contributed by atoms with Gasteiger partial charge in [0.15, 0.2) is 0 Å². The molecule has 6 aromatic heterocycles. The lowest BCUT2D eigenvalue weighted by Crippen LogP contribution is -2.42. The molecular weight excluding hydrogens is 1080 g/mol. The molecule has 0 spiro atoms. The lowest BCUT2D eigenvalue weighted by Gasteiger charge is -2.33. The number of anilines is 6. The fourth-order valence-electron chi connectivity index (χ4n) is 13.2. The Hall–Kier alpha value is -9.68. The summed E-state index contributed by atoms with van der Waals surface area (Å²) in [6.45, 7) is 4.05. The molecule has 6 aromatic carbocycles. The maximum Gasteiger partial charge on any atom is 0.126 e. The van der Waals surface area contributed by atoms with E-state index in [9.17, 15) is 0 Å². The summed E-state index contributed by atoms with van der Waals surface area (Å²) >= 11 is 0. The van der Waals surface area contributed by atoms with E-state index in [1.165, 1.54) is 94.6 Å². The van der Waals surface area contributed by atoms with E-state index in [-0.39, 0.29) is 6.04 Å². The molecule has 6 atom stereocenters. The number of aromatic nitrogens is 6. The normalized spacial score (nSPS) is 19.2. The third-order valence-corrected chi connectivity index (χ3v) is 17.6. The lowest BCUT2D eigenvalue weighted by atomic mass is 9.90. The highest BCUT2D eigenvalue weighted by Crippen LogP contribution is 2.37. The lowest BCUT2D eigenvalue weighted by molar-refractivity contribution is 0.422. The summed E-state index contributed by atoms with van der Waals surface area (Å²) in [6.07, 6.45) is 14.3. The van der Waals surface area contributed by atoms with E-state index in [0.717, 1.165) is 94.2 Å². The second kappa shape index (κ2) is 27.4. The van der Waals surface area contributed by atoms with Crippen LogP contribution in [-0.4, -0.2) is 66.2 Å². The molecule has 12 heteroatoms. The number of aryl methyl sites for hydroxylation is 2. The van der Waals surface area contributed by atoms with E-state index in [2.05, 4.69) is 218 Å². The highest BCUT2D eigenvalue weighted by molar-refractivity contribution is 6.12. The van der Waals surface area contributed by atoms with Crippen LogP contribution in [0.4, 0.5) is 34.9 Å². The van der Waals surface area contributed by atoms with Crippen LogP contribution in [0.25, 0.3) is 65.5 Å². The SMILES string of the molecule is Cc1cccc(N[C@@H]2CCCC[C@H]2Nc2cccc(C)n2)n1.c1cc(N[C@@H]2CCCC[C@H]2Nc2ccc3ccccc3n2)nc(-c2c3ccccc3cc3ccccc23)c1.c1ccc2nc(N[C@@H]3CCCC[C@H]3Nc3ccc4ccccc4n3)ccc2c1. The van der Waals surface area contributed by atoms with Crippen molar-refractivity contribution >= 4 is 89.2 Å². The van der Waals surface area contributed by atoms with Crippen molar-refractivity contribution in [2.75, 3.05) is 31.9 Å². The smallest absolute Gasteiger partial charge is 0.126 e. The first-order chi connectivity index (χ1) is 43.4. The summed E-state index contributed by atoms with van der Waals surface area (Å²) in [7, 11) is 0. The maximum absolute atomic E-state index is 5.17.